The normalized spacial score (nSPS) is 11.7. The van der Waals surface area contributed by atoms with E-state index in [0.717, 1.165) is 5.56 Å². The SMILES string of the molecule is CC(C)c1[nH]n(C(C)(C)Cc2ccccc2)c(=O)c1C(=O)c1ccccc1. The quantitative estimate of drug-likeness (QED) is 0.656. The highest BCUT2D eigenvalue weighted by molar-refractivity contribution is 6.09. The van der Waals surface area contributed by atoms with Gasteiger partial charge in [-0.05, 0) is 31.7 Å². The fraction of sp³-hybridized carbons (Fsp3) is 0.304. The molecule has 0 bridgehead atoms. The molecule has 3 rings (SSSR count). The van der Waals surface area contributed by atoms with Gasteiger partial charge >= 0.3 is 0 Å². The van der Waals surface area contributed by atoms with Crippen molar-refractivity contribution in [3.05, 3.63) is 93.4 Å². The molecule has 4 heteroatoms. The Labute approximate surface area is 159 Å². The first-order valence-electron chi connectivity index (χ1n) is 9.30. The molecule has 1 aromatic heterocycles. The van der Waals surface area contributed by atoms with E-state index in [0.29, 0.717) is 17.7 Å². The van der Waals surface area contributed by atoms with E-state index < -0.39 is 5.54 Å². The van der Waals surface area contributed by atoms with Crippen molar-refractivity contribution in [2.45, 2.75) is 45.6 Å². The molecule has 0 atom stereocenters. The van der Waals surface area contributed by atoms with Gasteiger partial charge in [0.25, 0.3) is 5.56 Å². The highest BCUT2D eigenvalue weighted by atomic mass is 16.2. The van der Waals surface area contributed by atoms with Crippen molar-refractivity contribution in [3.63, 3.8) is 0 Å². The van der Waals surface area contributed by atoms with E-state index in [-0.39, 0.29) is 22.8 Å². The molecule has 0 aliphatic heterocycles. The molecule has 1 heterocycles. The average Bonchev–Trinajstić information content (AvgIpc) is 3.01. The van der Waals surface area contributed by atoms with Crippen molar-refractivity contribution in [2.75, 3.05) is 0 Å². The molecule has 0 saturated heterocycles. The van der Waals surface area contributed by atoms with Gasteiger partial charge in [0.1, 0.15) is 5.56 Å². The molecule has 0 aliphatic carbocycles. The van der Waals surface area contributed by atoms with Crippen LogP contribution in [0.2, 0.25) is 0 Å². The number of nitrogens with one attached hydrogen (secondary N) is 1. The second-order valence-electron chi connectivity index (χ2n) is 7.87. The zero-order valence-electron chi connectivity index (χ0n) is 16.3. The minimum atomic E-state index is -0.489. The predicted molar refractivity (Wildman–Crippen MR) is 108 cm³/mol. The van der Waals surface area contributed by atoms with Gasteiger partial charge in [-0.3, -0.25) is 14.7 Å². The third-order valence-corrected chi connectivity index (χ3v) is 4.84. The summed E-state index contributed by atoms with van der Waals surface area (Å²) in [7, 11) is 0. The van der Waals surface area contributed by atoms with Gasteiger partial charge in [-0.15, -0.1) is 0 Å². The molecule has 3 aromatic rings. The van der Waals surface area contributed by atoms with Crippen LogP contribution in [-0.4, -0.2) is 15.6 Å². The third kappa shape index (κ3) is 3.80. The summed E-state index contributed by atoms with van der Waals surface area (Å²) in [5.74, 6) is -0.191. The van der Waals surface area contributed by atoms with Crippen molar-refractivity contribution in [2.24, 2.45) is 0 Å². The Morgan fingerprint density at radius 3 is 2.11 bits per heavy atom. The van der Waals surface area contributed by atoms with E-state index in [1.165, 1.54) is 0 Å². The molecule has 0 fully saturated rings. The lowest BCUT2D eigenvalue weighted by atomic mass is 9.95. The molecule has 0 saturated carbocycles. The number of carbonyl (C=O) groups excluding carboxylic acids is 1. The Morgan fingerprint density at radius 1 is 1.00 bits per heavy atom. The first-order chi connectivity index (χ1) is 12.8. The van der Waals surface area contributed by atoms with Crippen LogP contribution in [-0.2, 0) is 12.0 Å². The smallest absolute Gasteiger partial charge is 0.278 e. The monoisotopic (exact) mass is 362 g/mol. The number of rotatable bonds is 6. The van der Waals surface area contributed by atoms with Crippen LogP contribution in [0.3, 0.4) is 0 Å². The fourth-order valence-corrected chi connectivity index (χ4v) is 3.43. The molecule has 0 amide bonds. The van der Waals surface area contributed by atoms with E-state index in [1.54, 1.807) is 16.8 Å². The van der Waals surface area contributed by atoms with Gasteiger partial charge in [-0.25, -0.2) is 4.68 Å². The fourth-order valence-electron chi connectivity index (χ4n) is 3.43. The van der Waals surface area contributed by atoms with Gasteiger partial charge in [-0.2, -0.15) is 0 Å². The van der Waals surface area contributed by atoms with Crippen LogP contribution in [0, 0.1) is 0 Å². The van der Waals surface area contributed by atoms with E-state index in [4.69, 9.17) is 0 Å². The minimum absolute atomic E-state index is 0.0362. The standard InChI is InChI=1S/C23H26N2O2/c1-16(2)20-19(21(26)18-13-9-6-10-14-18)22(27)25(24-20)23(3,4)15-17-11-7-5-8-12-17/h5-14,16,24H,15H2,1-4H3. The van der Waals surface area contributed by atoms with Crippen molar-refractivity contribution >= 4 is 5.78 Å². The van der Waals surface area contributed by atoms with Gasteiger partial charge in [-0.1, -0.05) is 74.5 Å². The molecule has 140 valence electrons. The second kappa shape index (κ2) is 7.39. The number of H-pyrrole nitrogens is 1. The summed E-state index contributed by atoms with van der Waals surface area (Å²) in [5, 5.41) is 3.24. The molecule has 0 radical (unpaired) electrons. The van der Waals surface area contributed by atoms with E-state index >= 15 is 0 Å². The largest absolute Gasteiger partial charge is 0.298 e. The van der Waals surface area contributed by atoms with Gasteiger partial charge < -0.3 is 0 Å². The summed E-state index contributed by atoms with van der Waals surface area (Å²) in [5.41, 5.74) is 1.87. The maximum Gasteiger partial charge on any atom is 0.278 e. The van der Waals surface area contributed by atoms with Crippen LogP contribution in [0.15, 0.2) is 65.5 Å². The maximum atomic E-state index is 13.3. The van der Waals surface area contributed by atoms with Gasteiger partial charge in [0.15, 0.2) is 5.78 Å². The number of hydrogen-bond acceptors (Lipinski definition) is 2. The molecule has 1 N–H and O–H groups in total. The van der Waals surface area contributed by atoms with Crippen LogP contribution >= 0.6 is 0 Å². The van der Waals surface area contributed by atoms with Crippen LogP contribution in [0.4, 0.5) is 0 Å². The van der Waals surface area contributed by atoms with Crippen LogP contribution < -0.4 is 5.56 Å². The Balaban J connectivity index is 2.08. The van der Waals surface area contributed by atoms with Crippen LogP contribution in [0.1, 0.15) is 60.8 Å². The number of aromatic nitrogens is 2. The Morgan fingerprint density at radius 2 is 1.56 bits per heavy atom. The van der Waals surface area contributed by atoms with Crippen molar-refractivity contribution in [1.29, 1.82) is 0 Å². The third-order valence-electron chi connectivity index (χ3n) is 4.84. The summed E-state index contributed by atoms with van der Waals surface area (Å²) >= 11 is 0. The summed E-state index contributed by atoms with van der Waals surface area (Å²) in [6, 6.07) is 19.0. The van der Waals surface area contributed by atoms with Crippen molar-refractivity contribution in [3.8, 4) is 0 Å². The number of benzene rings is 2. The van der Waals surface area contributed by atoms with Crippen LogP contribution in [0.25, 0.3) is 0 Å². The van der Waals surface area contributed by atoms with Crippen LogP contribution in [0.5, 0.6) is 0 Å². The molecular weight excluding hydrogens is 336 g/mol. The minimum Gasteiger partial charge on any atom is -0.298 e. The maximum absolute atomic E-state index is 13.3. The summed E-state index contributed by atoms with van der Waals surface area (Å²) in [6.07, 6.45) is 0.685. The topological polar surface area (TPSA) is 54.9 Å². The number of hydrogen-bond donors (Lipinski definition) is 1. The highest BCUT2D eigenvalue weighted by Crippen LogP contribution is 2.24. The predicted octanol–water partition coefficient (Wildman–Crippen LogP) is 4.51. The molecular formula is C23H26N2O2. The Kier molecular flexibility index (Phi) is 5.17. The first-order valence-corrected chi connectivity index (χ1v) is 9.30. The summed E-state index contributed by atoms with van der Waals surface area (Å²) in [6.45, 7) is 8.00. The Hall–Kier alpha value is -2.88. The lowest BCUT2D eigenvalue weighted by Gasteiger charge is -2.26. The van der Waals surface area contributed by atoms with E-state index in [9.17, 15) is 9.59 Å². The molecule has 0 aliphatic rings. The Bertz CT molecular complexity index is 980. The molecule has 4 nitrogen and oxygen atoms in total. The molecule has 0 spiro atoms. The average molecular weight is 362 g/mol. The number of ketones is 1. The lowest BCUT2D eigenvalue weighted by Crippen LogP contribution is -2.38. The van der Waals surface area contributed by atoms with Crippen molar-refractivity contribution < 1.29 is 4.79 Å². The summed E-state index contributed by atoms with van der Waals surface area (Å²) in [4.78, 5) is 26.3. The van der Waals surface area contributed by atoms with Gasteiger partial charge in [0.2, 0.25) is 0 Å². The second-order valence-corrected chi connectivity index (χ2v) is 7.87. The van der Waals surface area contributed by atoms with Gasteiger partial charge in [0.05, 0.1) is 11.2 Å². The highest BCUT2D eigenvalue weighted by Gasteiger charge is 2.30. The van der Waals surface area contributed by atoms with Gasteiger partial charge in [0, 0.05) is 5.56 Å². The molecule has 2 aromatic carbocycles. The zero-order valence-corrected chi connectivity index (χ0v) is 16.3. The van der Waals surface area contributed by atoms with E-state index in [1.807, 2.05) is 64.1 Å². The number of carbonyl (C=O) groups is 1. The zero-order chi connectivity index (χ0) is 19.6. The molecule has 27 heavy (non-hydrogen) atoms. The molecule has 0 unspecified atom stereocenters. The van der Waals surface area contributed by atoms with E-state index in [2.05, 4.69) is 17.2 Å². The lowest BCUT2D eigenvalue weighted by molar-refractivity contribution is 0.103. The number of aromatic amines is 1. The first kappa shape index (κ1) is 18.9. The number of nitrogens with zero attached hydrogens (tertiary/aromatic N) is 1. The van der Waals surface area contributed by atoms with Crippen molar-refractivity contribution in [1.82, 2.24) is 9.78 Å². The summed E-state index contributed by atoms with van der Waals surface area (Å²) < 4.78 is 1.62.